The zero-order valence-corrected chi connectivity index (χ0v) is 10.3. The molecular formula is C14H26N+. The summed E-state index contributed by atoms with van der Waals surface area (Å²) in [5.41, 5.74) is 1.56. The molecule has 2 saturated heterocycles. The molecule has 0 amide bonds. The molecule has 2 aliphatic heterocycles. The van der Waals surface area contributed by atoms with E-state index in [2.05, 4.69) is 13.5 Å². The molecule has 0 aliphatic carbocycles. The Kier molecular flexibility index (Phi) is 3.50. The zero-order chi connectivity index (χ0) is 10.7. The number of quaternary nitrogens is 1. The van der Waals surface area contributed by atoms with Crippen LogP contribution in [0.4, 0.5) is 0 Å². The largest absolute Gasteiger partial charge is 0.317 e. The average molecular weight is 208 g/mol. The monoisotopic (exact) mass is 208 g/mol. The van der Waals surface area contributed by atoms with Gasteiger partial charge in [0.05, 0.1) is 19.6 Å². The van der Waals surface area contributed by atoms with E-state index < -0.39 is 0 Å². The Morgan fingerprint density at radius 2 is 2.13 bits per heavy atom. The van der Waals surface area contributed by atoms with Gasteiger partial charge in [-0.15, -0.1) is 0 Å². The average Bonchev–Trinajstić information content (AvgIpc) is 2.76. The van der Waals surface area contributed by atoms with E-state index in [1.165, 1.54) is 69.1 Å². The van der Waals surface area contributed by atoms with Gasteiger partial charge in [-0.2, -0.15) is 0 Å². The molecule has 0 bridgehead atoms. The highest BCUT2D eigenvalue weighted by atomic mass is 15.4. The van der Waals surface area contributed by atoms with Crippen molar-refractivity contribution >= 4 is 0 Å². The van der Waals surface area contributed by atoms with Crippen molar-refractivity contribution in [2.24, 2.45) is 0 Å². The van der Waals surface area contributed by atoms with Crippen molar-refractivity contribution in [3.05, 3.63) is 12.2 Å². The number of nitrogens with zero attached hydrogens (tertiary/aromatic N) is 1. The molecule has 2 rings (SSSR count). The third-order valence-corrected chi connectivity index (χ3v) is 4.55. The van der Waals surface area contributed by atoms with Crippen LogP contribution in [0.15, 0.2) is 12.2 Å². The van der Waals surface area contributed by atoms with E-state index in [-0.39, 0.29) is 0 Å². The summed E-state index contributed by atoms with van der Waals surface area (Å²) < 4.78 is 1.42. The molecule has 1 nitrogen and oxygen atoms in total. The molecule has 1 heteroatoms. The Labute approximate surface area is 94.8 Å². The van der Waals surface area contributed by atoms with Gasteiger partial charge in [0.2, 0.25) is 0 Å². The summed E-state index contributed by atoms with van der Waals surface area (Å²) >= 11 is 0. The lowest BCUT2D eigenvalue weighted by atomic mass is 10.1. The van der Waals surface area contributed by atoms with Crippen LogP contribution in [-0.4, -0.2) is 30.2 Å². The third kappa shape index (κ3) is 2.13. The van der Waals surface area contributed by atoms with E-state index in [1.807, 2.05) is 0 Å². The van der Waals surface area contributed by atoms with Crippen LogP contribution in [0.5, 0.6) is 0 Å². The van der Waals surface area contributed by atoms with Gasteiger partial charge >= 0.3 is 0 Å². The second-order valence-electron chi connectivity index (χ2n) is 5.52. The highest BCUT2D eigenvalue weighted by Crippen LogP contribution is 2.39. The van der Waals surface area contributed by atoms with Crippen molar-refractivity contribution in [2.75, 3.05) is 19.6 Å². The van der Waals surface area contributed by atoms with E-state index in [0.29, 0.717) is 0 Å². The summed E-state index contributed by atoms with van der Waals surface area (Å²) in [6.07, 6.45) is 9.83. The summed E-state index contributed by atoms with van der Waals surface area (Å²) in [6, 6.07) is 0.853. The van der Waals surface area contributed by atoms with Crippen LogP contribution in [0.3, 0.4) is 0 Å². The summed E-state index contributed by atoms with van der Waals surface area (Å²) in [5, 5.41) is 0. The van der Waals surface area contributed by atoms with Gasteiger partial charge in [0.25, 0.3) is 0 Å². The Morgan fingerprint density at radius 1 is 1.27 bits per heavy atom. The molecule has 86 valence electrons. The summed E-state index contributed by atoms with van der Waals surface area (Å²) in [5.74, 6) is 0. The molecular weight excluding hydrogens is 182 g/mol. The van der Waals surface area contributed by atoms with Crippen LogP contribution in [0.25, 0.3) is 0 Å². The standard InChI is InChI=1S/C14H26N/c1-3-4-5-6-10-15-11-7-8-14(15)13(2)9-12-15/h14H,2-12H2,1H3/q+1/t14-,15?/m1/s1. The molecule has 2 fully saturated rings. The highest BCUT2D eigenvalue weighted by Gasteiger charge is 2.46. The molecule has 0 spiro atoms. The smallest absolute Gasteiger partial charge is 0.111 e. The Balaban J connectivity index is 1.86. The lowest BCUT2D eigenvalue weighted by molar-refractivity contribution is -0.924. The number of fused-ring (bicyclic) bond motifs is 1. The number of unbranched alkanes of at least 4 members (excludes halogenated alkanes) is 3. The fourth-order valence-corrected chi connectivity index (χ4v) is 3.65. The summed E-state index contributed by atoms with van der Waals surface area (Å²) in [7, 11) is 0. The van der Waals surface area contributed by atoms with Gasteiger partial charge in [-0.25, -0.2) is 0 Å². The fraction of sp³-hybridized carbons (Fsp3) is 0.857. The minimum Gasteiger partial charge on any atom is -0.317 e. The van der Waals surface area contributed by atoms with E-state index in [9.17, 15) is 0 Å². The first-order valence-electron chi connectivity index (χ1n) is 6.82. The maximum atomic E-state index is 4.27. The zero-order valence-electron chi connectivity index (χ0n) is 10.3. The van der Waals surface area contributed by atoms with E-state index in [0.717, 1.165) is 6.04 Å². The van der Waals surface area contributed by atoms with Gasteiger partial charge in [-0.3, -0.25) is 0 Å². The maximum Gasteiger partial charge on any atom is 0.111 e. The Morgan fingerprint density at radius 3 is 2.93 bits per heavy atom. The normalized spacial score (nSPS) is 34.7. The first kappa shape index (κ1) is 11.2. The fourth-order valence-electron chi connectivity index (χ4n) is 3.65. The molecule has 0 saturated carbocycles. The van der Waals surface area contributed by atoms with Gasteiger partial charge in [-0.1, -0.05) is 26.3 Å². The van der Waals surface area contributed by atoms with Crippen LogP contribution < -0.4 is 0 Å². The van der Waals surface area contributed by atoms with Crippen LogP contribution in [0.2, 0.25) is 0 Å². The molecule has 0 aromatic carbocycles. The third-order valence-electron chi connectivity index (χ3n) is 4.55. The molecule has 0 N–H and O–H groups in total. The first-order valence-corrected chi connectivity index (χ1v) is 6.82. The van der Waals surface area contributed by atoms with Crippen LogP contribution in [0, 0.1) is 0 Å². The second kappa shape index (κ2) is 4.69. The Hall–Kier alpha value is -0.300. The molecule has 0 radical (unpaired) electrons. The van der Waals surface area contributed by atoms with Gasteiger partial charge in [0, 0.05) is 19.3 Å². The van der Waals surface area contributed by atoms with Gasteiger partial charge in [-0.05, 0) is 18.4 Å². The van der Waals surface area contributed by atoms with Crippen molar-refractivity contribution < 1.29 is 4.48 Å². The van der Waals surface area contributed by atoms with Crippen LogP contribution in [-0.2, 0) is 0 Å². The van der Waals surface area contributed by atoms with Gasteiger partial charge < -0.3 is 4.48 Å². The van der Waals surface area contributed by atoms with Gasteiger partial charge in [0.1, 0.15) is 6.04 Å². The first-order chi connectivity index (χ1) is 7.28. The second-order valence-corrected chi connectivity index (χ2v) is 5.52. The highest BCUT2D eigenvalue weighted by molar-refractivity contribution is 5.08. The maximum absolute atomic E-state index is 4.27. The van der Waals surface area contributed by atoms with Crippen molar-refractivity contribution in [1.82, 2.24) is 0 Å². The molecule has 2 heterocycles. The van der Waals surface area contributed by atoms with E-state index in [1.54, 1.807) is 5.57 Å². The van der Waals surface area contributed by atoms with Crippen LogP contribution in [0.1, 0.15) is 51.9 Å². The topological polar surface area (TPSA) is 0 Å². The van der Waals surface area contributed by atoms with Gasteiger partial charge in [0.15, 0.2) is 0 Å². The van der Waals surface area contributed by atoms with E-state index in [4.69, 9.17) is 0 Å². The SMILES string of the molecule is C=C1CC[N+]2(CCCCCC)CCC[C@H]12. The molecule has 2 atom stereocenters. The predicted molar refractivity (Wildman–Crippen MR) is 65.8 cm³/mol. The number of hydrogen-bond donors (Lipinski definition) is 0. The lowest BCUT2D eigenvalue weighted by Crippen LogP contribution is -2.48. The molecule has 1 unspecified atom stereocenters. The summed E-state index contributed by atoms with van der Waals surface area (Å²) in [4.78, 5) is 0. The molecule has 15 heavy (non-hydrogen) atoms. The van der Waals surface area contributed by atoms with Crippen LogP contribution >= 0.6 is 0 Å². The number of rotatable bonds is 5. The molecule has 2 aliphatic rings. The molecule has 0 aromatic rings. The lowest BCUT2D eigenvalue weighted by Gasteiger charge is -2.34. The van der Waals surface area contributed by atoms with Crippen molar-refractivity contribution in [3.8, 4) is 0 Å². The van der Waals surface area contributed by atoms with E-state index >= 15 is 0 Å². The summed E-state index contributed by atoms with van der Waals surface area (Å²) in [6.45, 7) is 10.8. The molecule has 0 aromatic heterocycles. The Bertz CT molecular complexity index is 233. The predicted octanol–water partition coefficient (Wildman–Crippen LogP) is 3.51. The minimum atomic E-state index is 0.853. The van der Waals surface area contributed by atoms with Crippen molar-refractivity contribution in [2.45, 2.75) is 57.9 Å². The minimum absolute atomic E-state index is 0.853. The van der Waals surface area contributed by atoms with Crippen molar-refractivity contribution in [1.29, 1.82) is 0 Å². The quantitative estimate of drug-likeness (QED) is 0.368. The number of hydrogen-bond acceptors (Lipinski definition) is 0. The van der Waals surface area contributed by atoms with Crippen molar-refractivity contribution in [3.63, 3.8) is 0 Å².